The van der Waals surface area contributed by atoms with Crippen molar-refractivity contribution in [2.24, 2.45) is 10.9 Å². The number of phenolic OH excluding ortho intramolecular Hbond substituents is 2. The lowest BCUT2D eigenvalue weighted by atomic mass is 10.1. The van der Waals surface area contributed by atoms with Crippen LogP contribution in [-0.2, 0) is 16.0 Å². The summed E-state index contributed by atoms with van der Waals surface area (Å²) in [7, 11) is 0. The number of aliphatic imine (C=N–C) groups is 1. The molecule has 0 aliphatic carbocycles. The van der Waals surface area contributed by atoms with E-state index in [1.165, 1.54) is 30.5 Å². The fraction of sp³-hybridized carbons (Fsp3) is 0.250. The third kappa shape index (κ3) is 5.72. The van der Waals surface area contributed by atoms with Gasteiger partial charge in [0.1, 0.15) is 5.75 Å². The Morgan fingerprint density at radius 2 is 1.82 bits per heavy atom. The van der Waals surface area contributed by atoms with Crippen molar-refractivity contribution >= 4 is 29.8 Å². The quantitative estimate of drug-likeness (QED) is 0.369. The molecule has 7 nitrogen and oxygen atoms in total. The van der Waals surface area contributed by atoms with Crippen LogP contribution in [0.1, 0.15) is 25.0 Å². The Morgan fingerprint density at radius 3 is 2.39 bits per heavy atom. The normalized spacial score (nSPS) is 12.3. The maximum absolute atomic E-state index is 11.8. The number of phenols is 2. The summed E-state index contributed by atoms with van der Waals surface area (Å²) in [5.74, 6) is -2.52. The second kappa shape index (κ2) is 9.23. The van der Waals surface area contributed by atoms with E-state index in [1.54, 1.807) is 26.0 Å². The highest BCUT2D eigenvalue weighted by molar-refractivity contribution is 6.31. The molecule has 0 amide bonds. The highest BCUT2D eigenvalue weighted by atomic mass is 35.5. The van der Waals surface area contributed by atoms with E-state index in [0.717, 1.165) is 0 Å². The summed E-state index contributed by atoms with van der Waals surface area (Å²) in [5.41, 5.74) is 0.792. The monoisotopic (exact) mass is 405 g/mol. The summed E-state index contributed by atoms with van der Waals surface area (Å²) in [5, 5.41) is 29.2. The summed E-state index contributed by atoms with van der Waals surface area (Å²) < 4.78 is 5.11. The molecule has 2 rings (SSSR count). The van der Waals surface area contributed by atoms with Crippen LogP contribution in [0.4, 0.5) is 0 Å². The molecule has 1 atom stereocenters. The zero-order chi connectivity index (χ0) is 20.8. The molecule has 1 unspecified atom stereocenters. The lowest BCUT2D eigenvalue weighted by Crippen LogP contribution is -2.21. The standard InChI is InChI=1S/C20H20ClNO6/c1-11(2)20(27)28-17-9-14(21)8-13(18(17)24)10-22-16(19(25)26)7-12-3-5-15(23)6-4-12/h3-6,8-11,16,23-24H,7H2,1-2H3,(H,25,26). The van der Waals surface area contributed by atoms with Gasteiger partial charge in [0, 0.05) is 29.3 Å². The molecule has 2 aromatic rings. The first-order valence-corrected chi connectivity index (χ1v) is 8.83. The van der Waals surface area contributed by atoms with Crippen molar-refractivity contribution in [3.8, 4) is 17.2 Å². The van der Waals surface area contributed by atoms with Gasteiger partial charge in [-0.25, -0.2) is 4.79 Å². The number of nitrogens with zero attached hydrogens (tertiary/aromatic N) is 1. The molecule has 0 aliphatic heterocycles. The summed E-state index contributed by atoms with van der Waals surface area (Å²) >= 11 is 6.00. The first kappa shape index (κ1) is 21.2. The number of carbonyl (C=O) groups excluding carboxylic acids is 1. The number of carboxylic acids is 1. The number of ether oxygens (including phenoxy) is 1. The predicted molar refractivity (Wildman–Crippen MR) is 104 cm³/mol. The van der Waals surface area contributed by atoms with E-state index in [-0.39, 0.29) is 34.3 Å². The van der Waals surface area contributed by atoms with Crippen LogP contribution in [0.3, 0.4) is 0 Å². The van der Waals surface area contributed by atoms with Crippen LogP contribution in [0.5, 0.6) is 17.2 Å². The summed E-state index contributed by atoms with van der Waals surface area (Å²) in [6, 6.07) is 7.66. The first-order chi connectivity index (χ1) is 13.2. The van der Waals surface area contributed by atoms with Gasteiger partial charge in [-0.05, 0) is 23.8 Å². The van der Waals surface area contributed by atoms with Gasteiger partial charge < -0.3 is 20.1 Å². The Balaban J connectivity index is 2.26. The maximum Gasteiger partial charge on any atom is 0.328 e. The van der Waals surface area contributed by atoms with Crippen LogP contribution in [0.15, 0.2) is 41.4 Å². The van der Waals surface area contributed by atoms with E-state index in [2.05, 4.69) is 4.99 Å². The Bertz CT molecular complexity index is 892. The summed E-state index contributed by atoms with van der Waals surface area (Å²) in [6.45, 7) is 3.29. The fourth-order valence-corrected chi connectivity index (χ4v) is 2.44. The predicted octanol–water partition coefficient (Wildman–Crippen LogP) is 3.43. The number of aliphatic carboxylic acids is 1. The number of esters is 1. The molecule has 0 saturated heterocycles. The van der Waals surface area contributed by atoms with E-state index >= 15 is 0 Å². The minimum atomic E-state index is -1.16. The van der Waals surface area contributed by atoms with Gasteiger partial charge in [0.15, 0.2) is 17.5 Å². The highest BCUT2D eigenvalue weighted by Gasteiger charge is 2.18. The van der Waals surface area contributed by atoms with Crippen LogP contribution in [0.25, 0.3) is 0 Å². The summed E-state index contributed by atoms with van der Waals surface area (Å²) in [4.78, 5) is 27.3. The zero-order valence-electron chi connectivity index (χ0n) is 15.3. The molecular formula is C20H20ClNO6. The van der Waals surface area contributed by atoms with Crippen molar-refractivity contribution in [2.45, 2.75) is 26.3 Å². The number of aromatic hydroxyl groups is 2. The van der Waals surface area contributed by atoms with Crippen LogP contribution in [0, 0.1) is 5.92 Å². The molecule has 3 N–H and O–H groups in total. The second-order valence-electron chi connectivity index (χ2n) is 6.42. The molecule has 0 aromatic heterocycles. The van der Waals surface area contributed by atoms with E-state index in [0.29, 0.717) is 5.56 Å². The lowest BCUT2D eigenvalue weighted by Gasteiger charge is -2.11. The number of rotatable bonds is 7. The van der Waals surface area contributed by atoms with Crippen LogP contribution in [-0.4, -0.2) is 39.5 Å². The molecule has 0 bridgehead atoms. The van der Waals surface area contributed by atoms with Crippen molar-refractivity contribution < 1.29 is 29.6 Å². The SMILES string of the molecule is CC(C)C(=O)Oc1cc(Cl)cc(C=NC(Cc2ccc(O)cc2)C(=O)O)c1O. The van der Waals surface area contributed by atoms with E-state index in [1.807, 2.05) is 0 Å². The minimum Gasteiger partial charge on any atom is -0.508 e. The molecule has 28 heavy (non-hydrogen) atoms. The molecule has 2 aromatic carbocycles. The van der Waals surface area contributed by atoms with Gasteiger partial charge in [0.25, 0.3) is 0 Å². The Kier molecular flexibility index (Phi) is 7.00. The maximum atomic E-state index is 11.8. The van der Waals surface area contributed by atoms with E-state index < -0.39 is 23.9 Å². The molecular weight excluding hydrogens is 386 g/mol. The number of halogens is 1. The number of benzene rings is 2. The molecule has 8 heteroatoms. The molecule has 0 spiro atoms. The Hall–Kier alpha value is -3.06. The number of carbonyl (C=O) groups is 2. The summed E-state index contributed by atoms with van der Waals surface area (Å²) in [6.07, 6.45) is 1.26. The van der Waals surface area contributed by atoms with Gasteiger partial charge in [-0.15, -0.1) is 0 Å². The van der Waals surface area contributed by atoms with Gasteiger partial charge in [-0.2, -0.15) is 0 Å². The van der Waals surface area contributed by atoms with E-state index in [4.69, 9.17) is 16.3 Å². The van der Waals surface area contributed by atoms with Crippen molar-refractivity contribution in [1.29, 1.82) is 0 Å². The lowest BCUT2D eigenvalue weighted by molar-refractivity contribution is -0.139. The minimum absolute atomic E-state index is 0.0754. The van der Waals surface area contributed by atoms with Crippen molar-refractivity contribution in [3.05, 3.63) is 52.5 Å². The number of hydrogen-bond donors (Lipinski definition) is 3. The van der Waals surface area contributed by atoms with Crippen molar-refractivity contribution in [2.75, 3.05) is 0 Å². The van der Waals surface area contributed by atoms with Gasteiger partial charge in [-0.3, -0.25) is 9.79 Å². The van der Waals surface area contributed by atoms with Gasteiger partial charge in [0.2, 0.25) is 0 Å². The Morgan fingerprint density at radius 1 is 1.18 bits per heavy atom. The molecule has 0 fully saturated rings. The average Bonchev–Trinajstić information content (AvgIpc) is 2.63. The molecule has 148 valence electrons. The van der Waals surface area contributed by atoms with Gasteiger partial charge >= 0.3 is 11.9 Å². The smallest absolute Gasteiger partial charge is 0.328 e. The largest absolute Gasteiger partial charge is 0.508 e. The Labute approximate surface area is 166 Å². The average molecular weight is 406 g/mol. The molecule has 0 saturated carbocycles. The first-order valence-electron chi connectivity index (χ1n) is 8.45. The molecule has 0 aliphatic rings. The zero-order valence-corrected chi connectivity index (χ0v) is 16.1. The molecule has 0 radical (unpaired) electrons. The fourth-order valence-electron chi connectivity index (χ4n) is 2.23. The van der Waals surface area contributed by atoms with Crippen molar-refractivity contribution in [1.82, 2.24) is 0 Å². The van der Waals surface area contributed by atoms with Crippen molar-refractivity contribution in [3.63, 3.8) is 0 Å². The third-order valence-corrected chi connectivity index (χ3v) is 4.01. The van der Waals surface area contributed by atoms with Gasteiger partial charge in [0.05, 0.1) is 5.92 Å². The number of hydrogen-bond acceptors (Lipinski definition) is 6. The van der Waals surface area contributed by atoms with Crippen LogP contribution >= 0.6 is 11.6 Å². The van der Waals surface area contributed by atoms with Gasteiger partial charge in [-0.1, -0.05) is 37.6 Å². The second-order valence-corrected chi connectivity index (χ2v) is 6.86. The third-order valence-electron chi connectivity index (χ3n) is 3.80. The van der Waals surface area contributed by atoms with Crippen LogP contribution < -0.4 is 4.74 Å². The highest BCUT2D eigenvalue weighted by Crippen LogP contribution is 2.33. The molecule has 0 heterocycles. The number of carboxylic acid groups (broad SMARTS) is 1. The van der Waals surface area contributed by atoms with Crippen LogP contribution in [0.2, 0.25) is 5.02 Å². The van der Waals surface area contributed by atoms with E-state index in [9.17, 15) is 24.9 Å². The topological polar surface area (TPSA) is 116 Å².